The van der Waals surface area contributed by atoms with Gasteiger partial charge in [-0.2, -0.15) is 0 Å². The summed E-state index contributed by atoms with van der Waals surface area (Å²) in [7, 11) is 0. The standard InChI is InChI=1S/C13H16N2O3S/c1-3-14-13(18)15-12(17)9(2)19-11-6-4-5-10(7-11)8-16/h4-9H,3H2,1-2H3,(H2,14,15,17,18). The first-order valence-corrected chi connectivity index (χ1v) is 6.75. The number of carbonyl (C=O) groups is 3. The maximum Gasteiger partial charge on any atom is 0.321 e. The second-order valence-corrected chi connectivity index (χ2v) is 5.21. The predicted octanol–water partition coefficient (Wildman–Crippen LogP) is 1.83. The van der Waals surface area contributed by atoms with E-state index >= 15 is 0 Å². The van der Waals surface area contributed by atoms with E-state index in [1.807, 2.05) is 6.07 Å². The number of aldehydes is 1. The third-order valence-corrected chi connectivity index (χ3v) is 3.34. The lowest BCUT2D eigenvalue weighted by Crippen LogP contribution is -2.42. The third-order valence-electron chi connectivity index (χ3n) is 2.25. The zero-order valence-electron chi connectivity index (χ0n) is 10.8. The van der Waals surface area contributed by atoms with Gasteiger partial charge < -0.3 is 5.32 Å². The summed E-state index contributed by atoms with van der Waals surface area (Å²) < 4.78 is 0. The number of urea groups is 1. The molecular formula is C13H16N2O3S. The number of thioether (sulfide) groups is 1. The van der Waals surface area contributed by atoms with E-state index in [1.54, 1.807) is 32.0 Å². The minimum atomic E-state index is -0.499. The van der Waals surface area contributed by atoms with Crippen LogP contribution < -0.4 is 10.6 Å². The summed E-state index contributed by atoms with van der Waals surface area (Å²) in [5.41, 5.74) is 0.557. The summed E-state index contributed by atoms with van der Waals surface area (Å²) in [6.07, 6.45) is 0.753. The second-order valence-electron chi connectivity index (χ2n) is 3.80. The maximum atomic E-state index is 11.7. The van der Waals surface area contributed by atoms with E-state index in [9.17, 15) is 14.4 Å². The molecule has 1 aromatic rings. The van der Waals surface area contributed by atoms with Gasteiger partial charge in [-0.05, 0) is 26.0 Å². The molecule has 0 aliphatic heterocycles. The molecule has 1 aromatic carbocycles. The molecule has 3 amide bonds. The Morgan fingerprint density at radius 3 is 2.79 bits per heavy atom. The molecule has 0 spiro atoms. The van der Waals surface area contributed by atoms with Crippen LogP contribution >= 0.6 is 11.8 Å². The molecule has 102 valence electrons. The molecule has 0 radical (unpaired) electrons. The number of nitrogens with one attached hydrogen (secondary N) is 2. The van der Waals surface area contributed by atoms with Crippen molar-refractivity contribution in [1.82, 2.24) is 10.6 Å². The Balaban J connectivity index is 2.58. The molecule has 1 rings (SSSR count). The maximum absolute atomic E-state index is 11.7. The van der Waals surface area contributed by atoms with Gasteiger partial charge in [-0.15, -0.1) is 11.8 Å². The predicted molar refractivity (Wildman–Crippen MR) is 74.4 cm³/mol. The molecule has 0 aliphatic rings. The Hall–Kier alpha value is -1.82. The highest BCUT2D eigenvalue weighted by Gasteiger charge is 2.16. The van der Waals surface area contributed by atoms with Crippen molar-refractivity contribution in [2.75, 3.05) is 6.54 Å². The molecule has 0 saturated heterocycles. The lowest BCUT2D eigenvalue weighted by Gasteiger charge is -2.11. The molecule has 5 nitrogen and oxygen atoms in total. The van der Waals surface area contributed by atoms with Crippen LogP contribution in [-0.2, 0) is 4.79 Å². The quantitative estimate of drug-likeness (QED) is 0.637. The van der Waals surface area contributed by atoms with Gasteiger partial charge in [-0.3, -0.25) is 14.9 Å². The van der Waals surface area contributed by atoms with Gasteiger partial charge in [0.2, 0.25) is 5.91 Å². The Bertz CT molecular complexity index is 477. The number of imide groups is 1. The van der Waals surface area contributed by atoms with E-state index < -0.39 is 11.3 Å². The van der Waals surface area contributed by atoms with Crippen LogP contribution in [0.2, 0.25) is 0 Å². The number of rotatable bonds is 5. The summed E-state index contributed by atoms with van der Waals surface area (Å²) >= 11 is 1.29. The van der Waals surface area contributed by atoms with Crippen LogP contribution in [0.25, 0.3) is 0 Å². The van der Waals surface area contributed by atoms with Crippen molar-refractivity contribution < 1.29 is 14.4 Å². The first-order chi connectivity index (χ1) is 9.06. The van der Waals surface area contributed by atoms with Crippen molar-refractivity contribution in [2.45, 2.75) is 24.0 Å². The summed E-state index contributed by atoms with van der Waals surface area (Å²) in [6.45, 7) is 3.93. The van der Waals surface area contributed by atoms with Crippen molar-refractivity contribution in [1.29, 1.82) is 0 Å². The van der Waals surface area contributed by atoms with E-state index in [0.717, 1.165) is 11.2 Å². The molecule has 0 fully saturated rings. The fourth-order valence-corrected chi connectivity index (χ4v) is 2.27. The molecule has 6 heteroatoms. The lowest BCUT2D eigenvalue weighted by atomic mass is 10.2. The Kier molecular flexibility index (Phi) is 6.08. The molecule has 2 N–H and O–H groups in total. The highest BCUT2D eigenvalue weighted by Crippen LogP contribution is 2.23. The van der Waals surface area contributed by atoms with E-state index in [2.05, 4.69) is 10.6 Å². The van der Waals surface area contributed by atoms with Gasteiger partial charge in [-0.25, -0.2) is 4.79 Å². The first-order valence-electron chi connectivity index (χ1n) is 5.87. The summed E-state index contributed by atoms with van der Waals surface area (Å²) in [4.78, 5) is 34.4. The van der Waals surface area contributed by atoms with E-state index in [4.69, 9.17) is 0 Å². The average molecular weight is 280 g/mol. The molecule has 0 aliphatic carbocycles. The first kappa shape index (κ1) is 15.2. The third kappa shape index (κ3) is 5.13. The zero-order chi connectivity index (χ0) is 14.3. The Labute approximate surface area is 116 Å². The summed E-state index contributed by atoms with van der Waals surface area (Å²) in [5.74, 6) is -0.368. The van der Waals surface area contributed by atoms with Gasteiger partial charge in [0.15, 0.2) is 0 Å². The van der Waals surface area contributed by atoms with Crippen molar-refractivity contribution in [2.24, 2.45) is 0 Å². The van der Waals surface area contributed by atoms with Gasteiger partial charge >= 0.3 is 6.03 Å². The van der Waals surface area contributed by atoms with E-state index in [-0.39, 0.29) is 5.91 Å². The van der Waals surface area contributed by atoms with Crippen LogP contribution in [0.3, 0.4) is 0 Å². The molecule has 1 unspecified atom stereocenters. The Morgan fingerprint density at radius 2 is 2.16 bits per heavy atom. The highest BCUT2D eigenvalue weighted by atomic mass is 32.2. The molecule has 1 atom stereocenters. The van der Waals surface area contributed by atoms with Crippen molar-refractivity contribution in [3.05, 3.63) is 29.8 Å². The number of amides is 3. The van der Waals surface area contributed by atoms with Crippen LogP contribution in [-0.4, -0.2) is 30.0 Å². The average Bonchev–Trinajstić information content (AvgIpc) is 2.39. The van der Waals surface area contributed by atoms with Crippen molar-refractivity contribution in [3.63, 3.8) is 0 Å². The zero-order valence-corrected chi connectivity index (χ0v) is 11.6. The van der Waals surface area contributed by atoms with Gasteiger partial charge in [-0.1, -0.05) is 12.1 Å². The number of hydrogen-bond donors (Lipinski definition) is 2. The molecular weight excluding hydrogens is 264 g/mol. The van der Waals surface area contributed by atoms with Gasteiger partial charge in [0.25, 0.3) is 0 Å². The highest BCUT2D eigenvalue weighted by molar-refractivity contribution is 8.00. The topological polar surface area (TPSA) is 75.3 Å². The van der Waals surface area contributed by atoms with E-state index in [1.165, 1.54) is 11.8 Å². The van der Waals surface area contributed by atoms with E-state index in [0.29, 0.717) is 12.1 Å². The SMILES string of the molecule is CCNC(=O)NC(=O)C(C)Sc1cccc(C=O)c1. The summed E-state index contributed by atoms with van der Waals surface area (Å²) in [5, 5.41) is 4.31. The Morgan fingerprint density at radius 1 is 1.42 bits per heavy atom. The molecule has 0 heterocycles. The number of hydrogen-bond acceptors (Lipinski definition) is 4. The molecule has 19 heavy (non-hydrogen) atoms. The molecule has 0 aromatic heterocycles. The van der Waals surface area contributed by atoms with Crippen LogP contribution in [0.5, 0.6) is 0 Å². The largest absolute Gasteiger partial charge is 0.338 e. The minimum absolute atomic E-state index is 0.368. The second kappa shape index (κ2) is 7.58. The monoisotopic (exact) mass is 280 g/mol. The van der Waals surface area contributed by atoms with Crippen molar-refractivity contribution >= 4 is 30.0 Å². The number of benzene rings is 1. The molecule has 0 bridgehead atoms. The fourth-order valence-electron chi connectivity index (χ4n) is 1.34. The lowest BCUT2D eigenvalue weighted by molar-refractivity contribution is -0.119. The van der Waals surface area contributed by atoms with Crippen LogP contribution in [0, 0.1) is 0 Å². The van der Waals surface area contributed by atoms with Gasteiger partial charge in [0.1, 0.15) is 6.29 Å². The van der Waals surface area contributed by atoms with Gasteiger partial charge in [0, 0.05) is 17.0 Å². The van der Waals surface area contributed by atoms with Crippen LogP contribution in [0.15, 0.2) is 29.2 Å². The van der Waals surface area contributed by atoms with Crippen LogP contribution in [0.1, 0.15) is 24.2 Å². The normalized spacial score (nSPS) is 11.5. The van der Waals surface area contributed by atoms with Crippen molar-refractivity contribution in [3.8, 4) is 0 Å². The molecule has 0 saturated carbocycles. The number of carbonyl (C=O) groups excluding carboxylic acids is 3. The summed E-state index contributed by atoms with van der Waals surface area (Å²) in [6, 6.07) is 6.46. The van der Waals surface area contributed by atoms with Crippen LogP contribution in [0.4, 0.5) is 4.79 Å². The van der Waals surface area contributed by atoms with Gasteiger partial charge in [0.05, 0.1) is 5.25 Å². The smallest absolute Gasteiger partial charge is 0.321 e. The minimum Gasteiger partial charge on any atom is -0.338 e. The fraction of sp³-hybridized carbons (Fsp3) is 0.308.